The number of carbonyl (C=O) groups excluding carboxylic acids is 1. The lowest BCUT2D eigenvalue weighted by Gasteiger charge is -2.15. The predicted octanol–water partition coefficient (Wildman–Crippen LogP) is 2.70. The summed E-state index contributed by atoms with van der Waals surface area (Å²) in [5, 5.41) is 6.16. The summed E-state index contributed by atoms with van der Waals surface area (Å²) >= 11 is 0. The van der Waals surface area contributed by atoms with E-state index in [9.17, 15) is 4.79 Å². The van der Waals surface area contributed by atoms with E-state index in [4.69, 9.17) is 9.47 Å². The zero-order valence-electron chi connectivity index (χ0n) is 14.3. The van der Waals surface area contributed by atoms with Gasteiger partial charge in [0.05, 0.1) is 14.2 Å². The van der Waals surface area contributed by atoms with E-state index in [-0.39, 0.29) is 5.91 Å². The molecular formula is C19H21N3O3. The molecule has 25 heavy (non-hydrogen) atoms. The first-order valence-electron chi connectivity index (χ1n) is 8.13. The summed E-state index contributed by atoms with van der Waals surface area (Å²) in [5.41, 5.74) is 2.24. The first-order chi connectivity index (χ1) is 12.2. The topological polar surface area (TPSA) is 72.0 Å². The Kier molecular flexibility index (Phi) is 5.18. The lowest BCUT2D eigenvalue weighted by atomic mass is 10.1. The van der Waals surface area contributed by atoms with Gasteiger partial charge in [-0.3, -0.25) is 9.79 Å². The van der Waals surface area contributed by atoms with Crippen LogP contribution in [0.2, 0.25) is 0 Å². The van der Waals surface area contributed by atoms with Gasteiger partial charge in [0.15, 0.2) is 11.5 Å². The molecule has 2 aromatic rings. The summed E-state index contributed by atoms with van der Waals surface area (Å²) in [6, 6.07) is 12.7. The minimum Gasteiger partial charge on any atom is -0.493 e. The Hall–Kier alpha value is -3.02. The molecule has 0 bridgehead atoms. The molecule has 3 rings (SSSR count). The number of carbonyl (C=O) groups is 1. The van der Waals surface area contributed by atoms with Crippen molar-refractivity contribution in [2.24, 2.45) is 4.99 Å². The molecule has 0 saturated carbocycles. The molecule has 1 amide bonds. The molecule has 1 aliphatic rings. The maximum absolute atomic E-state index is 12.4. The lowest BCUT2D eigenvalue weighted by Crippen LogP contribution is -2.30. The zero-order chi connectivity index (χ0) is 17.6. The van der Waals surface area contributed by atoms with Gasteiger partial charge in [0.1, 0.15) is 5.84 Å². The summed E-state index contributed by atoms with van der Waals surface area (Å²) in [5.74, 6) is 1.81. The average Bonchev–Trinajstić information content (AvgIpc) is 2.68. The first kappa shape index (κ1) is 16.8. The van der Waals surface area contributed by atoms with Crippen LogP contribution in [0.3, 0.4) is 0 Å². The van der Waals surface area contributed by atoms with Gasteiger partial charge in [-0.2, -0.15) is 0 Å². The number of aliphatic imine (C=N–C) groups is 1. The van der Waals surface area contributed by atoms with E-state index in [2.05, 4.69) is 15.6 Å². The molecule has 1 aliphatic heterocycles. The van der Waals surface area contributed by atoms with E-state index >= 15 is 0 Å². The smallest absolute Gasteiger partial charge is 0.255 e. The van der Waals surface area contributed by atoms with Gasteiger partial charge in [0, 0.05) is 29.9 Å². The van der Waals surface area contributed by atoms with Crippen molar-refractivity contribution in [3.8, 4) is 11.5 Å². The van der Waals surface area contributed by atoms with Gasteiger partial charge >= 0.3 is 0 Å². The van der Waals surface area contributed by atoms with Crippen molar-refractivity contribution in [3.05, 3.63) is 53.6 Å². The second-order valence-electron chi connectivity index (χ2n) is 5.61. The van der Waals surface area contributed by atoms with Crippen molar-refractivity contribution in [1.29, 1.82) is 0 Å². The van der Waals surface area contributed by atoms with Crippen LogP contribution < -0.4 is 20.1 Å². The number of benzene rings is 2. The highest BCUT2D eigenvalue weighted by atomic mass is 16.5. The van der Waals surface area contributed by atoms with E-state index in [1.807, 2.05) is 24.3 Å². The molecule has 0 spiro atoms. The summed E-state index contributed by atoms with van der Waals surface area (Å²) in [6.07, 6.45) is 1.06. The maximum Gasteiger partial charge on any atom is 0.255 e. The second-order valence-corrected chi connectivity index (χ2v) is 5.61. The van der Waals surface area contributed by atoms with Crippen molar-refractivity contribution in [2.75, 3.05) is 32.6 Å². The number of amides is 1. The minimum absolute atomic E-state index is 0.207. The summed E-state index contributed by atoms with van der Waals surface area (Å²) in [4.78, 5) is 16.9. The number of nitrogens with zero attached hydrogens (tertiary/aromatic N) is 1. The van der Waals surface area contributed by atoms with Crippen molar-refractivity contribution >= 4 is 17.4 Å². The summed E-state index contributed by atoms with van der Waals surface area (Å²) in [6.45, 7) is 1.79. The summed E-state index contributed by atoms with van der Waals surface area (Å²) < 4.78 is 10.4. The number of methoxy groups -OCH3 is 2. The Morgan fingerprint density at radius 3 is 2.48 bits per heavy atom. The molecule has 0 fully saturated rings. The molecule has 6 heteroatoms. The van der Waals surface area contributed by atoms with Gasteiger partial charge < -0.3 is 20.1 Å². The van der Waals surface area contributed by atoms with Crippen LogP contribution in [-0.2, 0) is 0 Å². The summed E-state index contributed by atoms with van der Waals surface area (Å²) in [7, 11) is 3.10. The molecule has 1 heterocycles. The first-order valence-corrected chi connectivity index (χ1v) is 8.13. The molecule has 130 valence electrons. The van der Waals surface area contributed by atoms with Crippen LogP contribution in [0.1, 0.15) is 22.3 Å². The van der Waals surface area contributed by atoms with E-state index < -0.39 is 0 Å². The molecule has 6 nitrogen and oxygen atoms in total. The molecular weight excluding hydrogens is 318 g/mol. The minimum atomic E-state index is -0.207. The van der Waals surface area contributed by atoms with Crippen LogP contribution in [-0.4, -0.2) is 39.1 Å². The number of ether oxygens (including phenoxy) is 2. The second kappa shape index (κ2) is 7.70. The van der Waals surface area contributed by atoms with Crippen molar-refractivity contribution in [1.82, 2.24) is 5.32 Å². The van der Waals surface area contributed by atoms with Gasteiger partial charge in [-0.15, -0.1) is 0 Å². The van der Waals surface area contributed by atoms with Gasteiger partial charge in [-0.05, 0) is 48.9 Å². The van der Waals surface area contributed by atoms with Crippen LogP contribution in [0.25, 0.3) is 0 Å². The fourth-order valence-electron chi connectivity index (χ4n) is 2.62. The Morgan fingerprint density at radius 1 is 1.08 bits per heavy atom. The van der Waals surface area contributed by atoms with Crippen molar-refractivity contribution < 1.29 is 14.3 Å². The number of hydrogen-bond donors (Lipinski definition) is 2. The third-order valence-electron chi connectivity index (χ3n) is 3.96. The molecule has 0 saturated heterocycles. The maximum atomic E-state index is 12.4. The molecule has 0 atom stereocenters. The third kappa shape index (κ3) is 3.91. The molecule has 0 aromatic heterocycles. The monoisotopic (exact) mass is 339 g/mol. The van der Waals surface area contributed by atoms with Crippen molar-refractivity contribution in [2.45, 2.75) is 6.42 Å². The number of amidine groups is 1. The fourth-order valence-corrected chi connectivity index (χ4v) is 2.62. The Bertz CT molecular complexity index is 785. The average molecular weight is 339 g/mol. The number of hydrogen-bond acceptors (Lipinski definition) is 5. The van der Waals surface area contributed by atoms with Crippen LogP contribution >= 0.6 is 0 Å². The SMILES string of the molecule is COc1ccc(C(=O)Nc2ccc(C3=NCCCN3)cc2)cc1OC. The number of anilines is 1. The standard InChI is InChI=1S/C19H21N3O3/c1-24-16-9-6-14(12-17(16)25-2)19(23)22-15-7-4-13(5-8-15)18-20-10-3-11-21-18/h4-9,12H,3,10-11H2,1-2H3,(H,20,21)(H,22,23). The van der Waals surface area contributed by atoms with Crippen LogP contribution in [0.5, 0.6) is 11.5 Å². The Balaban J connectivity index is 1.71. The Labute approximate surface area is 146 Å². The molecule has 2 aromatic carbocycles. The van der Waals surface area contributed by atoms with Crippen LogP contribution in [0.4, 0.5) is 5.69 Å². The van der Waals surface area contributed by atoms with Gasteiger partial charge in [0.2, 0.25) is 0 Å². The number of rotatable bonds is 5. The zero-order valence-corrected chi connectivity index (χ0v) is 14.3. The van der Waals surface area contributed by atoms with Crippen LogP contribution in [0, 0.1) is 0 Å². The normalized spacial score (nSPS) is 13.4. The number of nitrogens with one attached hydrogen (secondary N) is 2. The van der Waals surface area contributed by atoms with E-state index in [0.29, 0.717) is 17.1 Å². The van der Waals surface area contributed by atoms with E-state index in [0.717, 1.165) is 36.6 Å². The van der Waals surface area contributed by atoms with Gasteiger partial charge in [-0.25, -0.2) is 0 Å². The van der Waals surface area contributed by atoms with Gasteiger partial charge in [-0.1, -0.05) is 0 Å². The highest BCUT2D eigenvalue weighted by molar-refractivity contribution is 6.05. The van der Waals surface area contributed by atoms with Gasteiger partial charge in [0.25, 0.3) is 5.91 Å². The van der Waals surface area contributed by atoms with Crippen LogP contribution in [0.15, 0.2) is 47.5 Å². The van der Waals surface area contributed by atoms with E-state index in [1.165, 1.54) is 0 Å². The highest BCUT2D eigenvalue weighted by Crippen LogP contribution is 2.27. The fraction of sp³-hybridized carbons (Fsp3) is 0.263. The highest BCUT2D eigenvalue weighted by Gasteiger charge is 2.12. The molecule has 0 radical (unpaired) electrons. The largest absolute Gasteiger partial charge is 0.493 e. The third-order valence-corrected chi connectivity index (χ3v) is 3.96. The molecule has 0 unspecified atom stereocenters. The van der Waals surface area contributed by atoms with Crippen molar-refractivity contribution in [3.63, 3.8) is 0 Å². The Morgan fingerprint density at radius 2 is 1.84 bits per heavy atom. The lowest BCUT2D eigenvalue weighted by molar-refractivity contribution is 0.102. The van der Waals surface area contributed by atoms with E-state index in [1.54, 1.807) is 32.4 Å². The molecule has 0 aliphatic carbocycles. The predicted molar refractivity (Wildman–Crippen MR) is 98.0 cm³/mol. The molecule has 2 N–H and O–H groups in total. The quantitative estimate of drug-likeness (QED) is 0.878.